The van der Waals surface area contributed by atoms with Gasteiger partial charge in [0.1, 0.15) is 5.54 Å². The van der Waals surface area contributed by atoms with Gasteiger partial charge in [-0.15, -0.1) is 0 Å². The number of rotatable bonds is 7. The van der Waals surface area contributed by atoms with E-state index in [0.29, 0.717) is 30.3 Å². The van der Waals surface area contributed by atoms with Gasteiger partial charge in [-0.1, -0.05) is 67.9 Å². The zero-order valence-corrected chi connectivity index (χ0v) is 19.6. The summed E-state index contributed by atoms with van der Waals surface area (Å²) >= 11 is 6.26. The molecule has 0 radical (unpaired) electrons. The molecule has 4 aliphatic rings. The molecule has 6 rings (SSSR count). The van der Waals surface area contributed by atoms with Crippen molar-refractivity contribution in [2.75, 3.05) is 6.54 Å². The number of carbonyl (C=O) groups is 1. The molecule has 5 unspecified atom stereocenters. The molecule has 4 nitrogen and oxygen atoms in total. The van der Waals surface area contributed by atoms with E-state index in [9.17, 15) is 4.79 Å². The summed E-state index contributed by atoms with van der Waals surface area (Å²) in [6, 6.07) is 18.7. The maximum atomic E-state index is 13.7. The third kappa shape index (κ3) is 3.88. The van der Waals surface area contributed by atoms with Crippen molar-refractivity contribution < 1.29 is 4.79 Å². The molecule has 1 saturated carbocycles. The van der Waals surface area contributed by atoms with Crippen molar-refractivity contribution in [3.8, 4) is 0 Å². The second-order valence-corrected chi connectivity index (χ2v) is 10.6. The van der Waals surface area contributed by atoms with Crippen molar-refractivity contribution in [1.29, 1.82) is 0 Å². The Balaban J connectivity index is 1.41. The Bertz CT molecular complexity index is 1010. The molecule has 4 bridgehead atoms. The molecule has 3 aliphatic heterocycles. The van der Waals surface area contributed by atoms with Gasteiger partial charge in [-0.2, -0.15) is 0 Å². The highest BCUT2D eigenvalue weighted by atomic mass is 35.5. The number of amides is 1. The first-order chi connectivity index (χ1) is 15.5. The summed E-state index contributed by atoms with van der Waals surface area (Å²) in [5.41, 5.74) is 1.71. The van der Waals surface area contributed by atoms with Gasteiger partial charge < -0.3 is 5.32 Å². The molecule has 1 amide bonds. The van der Waals surface area contributed by atoms with Crippen LogP contribution < -0.4 is 5.32 Å². The number of nitrogens with zero attached hydrogens (tertiary/aromatic N) is 2. The van der Waals surface area contributed by atoms with E-state index >= 15 is 0 Å². The molecular formula is C27H32ClN3O. The smallest absolute Gasteiger partial charge is 0.248 e. The first-order valence-electron chi connectivity index (χ1n) is 11.8. The number of likely N-dealkylation sites (tertiary alicyclic amines) is 1. The largest absolute Gasteiger partial charge is 0.350 e. The summed E-state index contributed by atoms with van der Waals surface area (Å²) in [6.45, 7) is 6.97. The molecule has 2 aromatic rings. The predicted octanol–water partition coefficient (Wildman–Crippen LogP) is 4.96. The van der Waals surface area contributed by atoms with Crippen LogP contribution in [0.25, 0.3) is 0 Å². The van der Waals surface area contributed by atoms with Gasteiger partial charge in [0.25, 0.3) is 0 Å². The lowest BCUT2D eigenvalue weighted by Crippen LogP contribution is -2.63. The Kier molecular flexibility index (Phi) is 5.85. The quantitative estimate of drug-likeness (QED) is 0.649. The molecule has 2 aromatic carbocycles. The van der Waals surface area contributed by atoms with Gasteiger partial charge in [0.2, 0.25) is 5.91 Å². The van der Waals surface area contributed by atoms with Crippen molar-refractivity contribution in [1.82, 2.24) is 10.2 Å². The molecule has 168 valence electrons. The minimum absolute atomic E-state index is 0.0982. The summed E-state index contributed by atoms with van der Waals surface area (Å²) in [7, 11) is 0. The van der Waals surface area contributed by atoms with Crippen LogP contribution in [0.3, 0.4) is 0 Å². The molecule has 32 heavy (non-hydrogen) atoms. The van der Waals surface area contributed by atoms with Gasteiger partial charge in [-0.25, -0.2) is 0 Å². The lowest BCUT2D eigenvalue weighted by molar-refractivity contribution is -0.132. The zero-order valence-electron chi connectivity index (χ0n) is 18.9. The standard InChI is InChI=1S/C27H32ClN3O/c1-18(2)11-24-25-23-15-30-27(24,26(32)29-14-19-7-4-3-5-8-19)13-21(23)17-31(25)16-20-9-6-10-22(28)12-20/h3-10,12,15,18,21,23-25H,11,13-14,16-17H2,1-2H3,(H,29,32). The number of halogens is 1. The molecule has 1 saturated heterocycles. The molecule has 5 heteroatoms. The van der Waals surface area contributed by atoms with Crippen LogP contribution in [0.15, 0.2) is 59.6 Å². The predicted molar refractivity (Wildman–Crippen MR) is 130 cm³/mol. The van der Waals surface area contributed by atoms with Crippen LogP contribution in [-0.4, -0.2) is 35.1 Å². The zero-order chi connectivity index (χ0) is 22.3. The van der Waals surface area contributed by atoms with E-state index in [2.05, 4.69) is 54.5 Å². The van der Waals surface area contributed by atoms with Crippen LogP contribution in [0, 0.1) is 23.7 Å². The van der Waals surface area contributed by atoms with Crippen LogP contribution in [0.2, 0.25) is 5.02 Å². The Morgan fingerprint density at radius 2 is 1.97 bits per heavy atom. The van der Waals surface area contributed by atoms with E-state index in [0.717, 1.165) is 36.5 Å². The molecule has 2 fully saturated rings. The molecule has 5 atom stereocenters. The fourth-order valence-electron chi connectivity index (χ4n) is 6.33. The number of hydrogen-bond acceptors (Lipinski definition) is 3. The lowest BCUT2D eigenvalue weighted by Gasteiger charge is -2.51. The minimum Gasteiger partial charge on any atom is -0.350 e. The fourth-order valence-corrected chi connectivity index (χ4v) is 6.55. The van der Waals surface area contributed by atoms with Crippen molar-refractivity contribution in [3.63, 3.8) is 0 Å². The highest BCUT2D eigenvalue weighted by Crippen LogP contribution is 2.55. The third-order valence-electron chi connectivity index (χ3n) is 7.59. The van der Waals surface area contributed by atoms with E-state index in [4.69, 9.17) is 16.6 Å². The first-order valence-corrected chi connectivity index (χ1v) is 12.2. The summed E-state index contributed by atoms with van der Waals surface area (Å²) in [6.07, 6.45) is 3.99. The van der Waals surface area contributed by atoms with Crippen LogP contribution in [0.5, 0.6) is 0 Å². The van der Waals surface area contributed by atoms with Gasteiger partial charge in [0.05, 0.1) is 0 Å². The second-order valence-electron chi connectivity index (χ2n) is 10.2. The average molecular weight is 450 g/mol. The molecule has 1 aliphatic carbocycles. The van der Waals surface area contributed by atoms with Gasteiger partial charge in [0.15, 0.2) is 0 Å². The highest BCUT2D eigenvalue weighted by Gasteiger charge is 2.63. The summed E-state index contributed by atoms with van der Waals surface area (Å²) in [5.74, 6) is 1.77. The highest BCUT2D eigenvalue weighted by molar-refractivity contribution is 6.30. The van der Waals surface area contributed by atoms with E-state index in [-0.39, 0.29) is 11.8 Å². The molecule has 0 spiro atoms. The van der Waals surface area contributed by atoms with Crippen LogP contribution in [0.4, 0.5) is 0 Å². The topological polar surface area (TPSA) is 44.7 Å². The Morgan fingerprint density at radius 1 is 1.19 bits per heavy atom. The van der Waals surface area contributed by atoms with E-state index in [1.165, 1.54) is 5.56 Å². The van der Waals surface area contributed by atoms with E-state index in [1.54, 1.807) is 0 Å². The SMILES string of the molecule is CC(C)CC1C2C3C=NC1(C(=O)NCc1ccccc1)CC3CN2Cc1cccc(Cl)c1. The van der Waals surface area contributed by atoms with Crippen molar-refractivity contribution >= 4 is 23.7 Å². The van der Waals surface area contributed by atoms with E-state index < -0.39 is 5.54 Å². The van der Waals surface area contributed by atoms with Crippen LogP contribution in [0.1, 0.15) is 37.8 Å². The second kappa shape index (κ2) is 8.64. The summed E-state index contributed by atoms with van der Waals surface area (Å²) < 4.78 is 0. The van der Waals surface area contributed by atoms with Gasteiger partial charge in [-0.3, -0.25) is 14.7 Å². The number of benzene rings is 2. The normalized spacial score (nSPS) is 30.8. The molecule has 3 heterocycles. The number of aliphatic imine (C=N–C) groups is 1. The van der Waals surface area contributed by atoms with Crippen molar-refractivity contribution in [2.24, 2.45) is 28.7 Å². The molecule has 1 N–H and O–H groups in total. The minimum atomic E-state index is -0.647. The number of carbonyl (C=O) groups excluding carboxylic acids is 1. The Morgan fingerprint density at radius 3 is 2.72 bits per heavy atom. The van der Waals surface area contributed by atoms with Crippen molar-refractivity contribution in [3.05, 3.63) is 70.7 Å². The number of nitrogens with one attached hydrogen (secondary N) is 1. The first kappa shape index (κ1) is 21.7. The average Bonchev–Trinajstić information content (AvgIpc) is 3.07. The molecule has 0 aromatic heterocycles. The lowest BCUT2D eigenvalue weighted by atomic mass is 9.59. The summed E-state index contributed by atoms with van der Waals surface area (Å²) in [4.78, 5) is 21.3. The van der Waals surface area contributed by atoms with Crippen molar-refractivity contribution in [2.45, 2.75) is 51.4 Å². The van der Waals surface area contributed by atoms with Crippen LogP contribution >= 0.6 is 11.6 Å². The van der Waals surface area contributed by atoms with Gasteiger partial charge >= 0.3 is 0 Å². The van der Waals surface area contributed by atoms with Gasteiger partial charge in [-0.05, 0) is 47.9 Å². The Hall–Kier alpha value is -2.17. The van der Waals surface area contributed by atoms with E-state index in [1.807, 2.05) is 30.3 Å². The summed E-state index contributed by atoms with van der Waals surface area (Å²) in [5, 5.41) is 4.02. The molecular weight excluding hydrogens is 418 g/mol. The Labute approximate surface area is 196 Å². The maximum absolute atomic E-state index is 13.7. The number of hydrogen-bond donors (Lipinski definition) is 1. The monoisotopic (exact) mass is 449 g/mol. The maximum Gasteiger partial charge on any atom is 0.248 e. The third-order valence-corrected chi connectivity index (χ3v) is 7.83. The van der Waals surface area contributed by atoms with Crippen LogP contribution in [-0.2, 0) is 17.9 Å². The van der Waals surface area contributed by atoms with Gasteiger partial charge in [0, 0.05) is 48.7 Å². The fraction of sp³-hybridized carbons (Fsp3) is 0.481.